The van der Waals surface area contributed by atoms with Gasteiger partial charge in [-0.15, -0.1) is 0 Å². The summed E-state index contributed by atoms with van der Waals surface area (Å²) >= 11 is 0. The summed E-state index contributed by atoms with van der Waals surface area (Å²) in [5.74, 6) is 0.423. The quantitative estimate of drug-likeness (QED) is 0.618. The molecule has 0 amide bonds. The molecule has 3 nitrogen and oxygen atoms in total. The van der Waals surface area contributed by atoms with Gasteiger partial charge in [0.05, 0.1) is 0 Å². The molecule has 0 aromatic heterocycles. The molecule has 0 aliphatic rings. The Bertz CT molecular complexity index is 488. The second-order valence-electron chi connectivity index (χ2n) is 6.93. The van der Waals surface area contributed by atoms with Crippen LogP contribution in [0.25, 0.3) is 0 Å². The highest BCUT2D eigenvalue weighted by Gasteiger charge is 2.31. The van der Waals surface area contributed by atoms with Crippen molar-refractivity contribution in [2.75, 3.05) is 0 Å². The van der Waals surface area contributed by atoms with Gasteiger partial charge in [-0.3, -0.25) is 4.79 Å². The van der Waals surface area contributed by atoms with E-state index in [-0.39, 0.29) is 22.5 Å². The van der Waals surface area contributed by atoms with Crippen LogP contribution in [0.2, 0.25) is 0 Å². The fourth-order valence-corrected chi connectivity index (χ4v) is 2.32. The van der Waals surface area contributed by atoms with Gasteiger partial charge in [-0.2, -0.15) is 0 Å². The molecule has 19 heavy (non-hydrogen) atoms. The Labute approximate surface area is 115 Å². The maximum absolute atomic E-state index is 11.3. The van der Waals surface area contributed by atoms with Crippen LogP contribution < -0.4 is 4.74 Å². The Hall–Kier alpha value is -1.51. The topological polar surface area (TPSA) is 46.5 Å². The minimum absolute atomic E-state index is 0.230. The van der Waals surface area contributed by atoms with Crippen LogP contribution in [0.4, 0.5) is 0 Å². The number of rotatable bonds is 1. The van der Waals surface area contributed by atoms with Crippen molar-refractivity contribution in [1.29, 1.82) is 0 Å². The van der Waals surface area contributed by atoms with E-state index in [1.807, 2.05) is 41.5 Å². The van der Waals surface area contributed by atoms with E-state index in [0.717, 1.165) is 11.1 Å². The first-order valence-electron chi connectivity index (χ1n) is 6.50. The molecule has 0 bridgehead atoms. The summed E-state index contributed by atoms with van der Waals surface area (Å²) in [5.41, 5.74) is 1.25. The SMILES string of the molecule is CC(=O)Oc1ccc(O)c(C(C)(C)C)c1C(C)(C)C. The van der Waals surface area contributed by atoms with Crippen LogP contribution in [-0.4, -0.2) is 11.1 Å². The number of phenolic OH excluding ortho intramolecular Hbond substituents is 1. The number of benzene rings is 1. The van der Waals surface area contributed by atoms with Crippen molar-refractivity contribution < 1.29 is 14.6 Å². The van der Waals surface area contributed by atoms with E-state index < -0.39 is 0 Å². The molecule has 106 valence electrons. The van der Waals surface area contributed by atoms with Crippen molar-refractivity contribution >= 4 is 5.97 Å². The van der Waals surface area contributed by atoms with E-state index in [1.165, 1.54) is 6.92 Å². The minimum atomic E-state index is -0.351. The summed E-state index contributed by atoms with van der Waals surface area (Å²) in [5, 5.41) is 10.2. The average Bonchev–Trinajstić information content (AvgIpc) is 2.15. The van der Waals surface area contributed by atoms with Gasteiger partial charge in [-0.25, -0.2) is 0 Å². The lowest BCUT2D eigenvalue weighted by Crippen LogP contribution is -2.24. The van der Waals surface area contributed by atoms with E-state index in [0.29, 0.717) is 5.75 Å². The van der Waals surface area contributed by atoms with E-state index >= 15 is 0 Å². The molecule has 1 N–H and O–H groups in total. The van der Waals surface area contributed by atoms with Crippen LogP contribution in [0.5, 0.6) is 11.5 Å². The highest BCUT2D eigenvalue weighted by molar-refractivity contribution is 5.71. The van der Waals surface area contributed by atoms with Crippen LogP contribution in [-0.2, 0) is 15.6 Å². The lowest BCUT2D eigenvalue weighted by molar-refractivity contribution is -0.131. The Kier molecular flexibility index (Phi) is 3.99. The molecule has 0 aliphatic heterocycles. The van der Waals surface area contributed by atoms with Gasteiger partial charge in [-0.1, -0.05) is 41.5 Å². The number of carbonyl (C=O) groups is 1. The van der Waals surface area contributed by atoms with Crippen molar-refractivity contribution in [2.45, 2.75) is 59.3 Å². The maximum Gasteiger partial charge on any atom is 0.308 e. The van der Waals surface area contributed by atoms with Gasteiger partial charge >= 0.3 is 5.97 Å². The lowest BCUT2D eigenvalue weighted by atomic mass is 9.74. The van der Waals surface area contributed by atoms with E-state index in [9.17, 15) is 9.90 Å². The third kappa shape index (κ3) is 3.49. The maximum atomic E-state index is 11.3. The second-order valence-corrected chi connectivity index (χ2v) is 6.93. The van der Waals surface area contributed by atoms with E-state index in [2.05, 4.69) is 0 Å². The Balaban J connectivity index is 3.66. The molecule has 0 atom stereocenters. The Morgan fingerprint density at radius 1 is 1.00 bits per heavy atom. The molecule has 0 heterocycles. The molecule has 0 saturated heterocycles. The molecule has 1 rings (SSSR count). The molecule has 1 aromatic carbocycles. The summed E-state index contributed by atoms with van der Waals surface area (Å²) in [7, 11) is 0. The molecular weight excluding hydrogens is 240 g/mol. The highest BCUT2D eigenvalue weighted by atomic mass is 16.5. The summed E-state index contributed by atoms with van der Waals surface area (Å²) in [6.45, 7) is 13.6. The number of phenols is 1. The van der Waals surface area contributed by atoms with Crippen molar-refractivity contribution in [1.82, 2.24) is 0 Å². The Morgan fingerprint density at radius 3 is 1.84 bits per heavy atom. The fourth-order valence-electron chi connectivity index (χ4n) is 2.32. The molecule has 1 aromatic rings. The summed E-state index contributed by atoms with van der Waals surface area (Å²) in [6.07, 6.45) is 0. The second kappa shape index (κ2) is 4.87. The first kappa shape index (κ1) is 15.5. The first-order chi connectivity index (χ1) is 8.44. The highest BCUT2D eigenvalue weighted by Crippen LogP contribution is 2.44. The Morgan fingerprint density at radius 2 is 1.47 bits per heavy atom. The molecule has 0 spiro atoms. The van der Waals surface area contributed by atoms with Crippen molar-refractivity contribution in [2.24, 2.45) is 0 Å². The van der Waals surface area contributed by atoms with Crippen LogP contribution in [0.1, 0.15) is 59.6 Å². The zero-order valence-electron chi connectivity index (χ0n) is 12.9. The largest absolute Gasteiger partial charge is 0.508 e. The molecule has 0 saturated carbocycles. The van der Waals surface area contributed by atoms with Gasteiger partial charge in [0.2, 0.25) is 0 Å². The van der Waals surface area contributed by atoms with Crippen molar-refractivity contribution in [3.05, 3.63) is 23.3 Å². The summed E-state index contributed by atoms with van der Waals surface area (Å²) in [6, 6.07) is 3.25. The zero-order chi connectivity index (χ0) is 15.0. The first-order valence-corrected chi connectivity index (χ1v) is 6.50. The normalized spacial score (nSPS) is 12.4. The van der Waals surface area contributed by atoms with Crippen LogP contribution in [0.15, 0.2) is 12.1 Å². The number of hydrogen-bond donors (Lipinski definition) is 1. The molecule has 0 aliphatic carbocycles. The number of esters is 1. The van der Waals surface area contributed by atoms with Crippen molar-refractivity contribution in [3.63, 3.8) is 0 Å². The number of aromatic hydroxyl groups is 1. The number of ether oxygens (including phenoxy) is 1. The number of hydrogen-bond acceptors (Lipinski definition) is 3. The summed E-state index contributed by atoms with van der Waals surface area (Å²) < 4.78 is 5.31. The third-order valence-corrected chi connectivity index (χ3v) is 2.90. The fraction of sp³-hybridized carbons (Fsp3) is 0.562. The van der Waals surface area contributed by atoms with Gasteiger partial charge in [0.1, 0.15) is 11.5 Å². The monoisotopic (exact) mass is 264 g/mol. The molecule has 0 fully saturated rings. The predicted molar refractivity (Wildman–Crippen MR) is 76.8 cm³/mol. The van der Waals surface area contributed by atoms with Crippen LogP contribution >= 0.6 is 0 Å². The van der Waals surface area contributed by atoms with E-state index in [4.69, 9.17) is 4.74 Å². The molecule has 0 unspecified atom stereocenters. The lowest BCUT2D eigenvalue weighted by Gasteiger charge is -2.32. The predicted octanol–water partition coefficient (Wildman–Crippen LogP) is 3.91. The smallest absolute Gasteiger partial charge is 0.308 e. The van der Waals surface area contributed by atoms with Crippen LogP contribution in [0.3, 0.4) is 0 Å². The standard InChI is InChI=1S/C16H24O3/c1-10(17)19-12-9-8-11(18)13(15(2,3)4)14(12)16(5,6)7/h8-9,18H,1-7H3. The zero-order valence-corrected chi connectivity index (χ0v) is 12.9. The third-order valence-electron chi connectivity index (χ3n) is 2.90. The molecule has 0 radical (unpaired) electrons. The number of carbonyl (C=O) groups excluding carboxylic acids is 1. The van der Waals surface area contributed by atoms with E-state index in [1.54, 1.807) is 12.1 Å². The van der Waals surface area contributed by atoms with Gasteiger partial charge < -0.3 is 9.84 Å². The minimum Gasteiger partial charge on any atom is -0.508 e. The molecule has 3 heteroatoms. The van der Waals surface area contributed by atoms with Crippen LogP contribution in [0, 0.1) is 0 Å². The average molecular weight is 264 g/mol. The molecular formula is C16H24O3. The van der Waals surface area contributed by atoms with Gasteiger partial charge in [0.15, 0.2) is 0 Å². The van der Waals surface area contributed by atoms with Gasteiger partial charge in [-0.05, 0) is 23.0 Å². The van der Waals surface area contributed by atoms with Crippen molar-refractivity contribution in [3.8, 4) is 11.5 Å². The summed E-state index contributed by atoms with van der Waals surface area (Å²) in [4.78, 5) is 11.3. The van der Waals surface area contributed by atoms with Gasteiger partial charge in [0, 0.05) is 18.1 Å². The van der Waals surface area contributed by atoms with Gasteiger partial charge in [0.25, 0.3) is 0 Å².